The van der Waals surface area contributed by atoms with Crippen molar-refractivity contribution in [2.24, 2.45) is 0 Å². The number of pyridine rings is 1. The lowest BCUT2D eigenvalue weighted by Gasteiger charge is -2.11. The van der Waals surface area contributed by atoms with Gasteiger partial charge in [0.25, 0.3) is 10.0 Å². The Kier molecular flexibility index (Phi) is 4.13. The second-order valence-corrected chi connectivity index (χ2v) is 6.81. The lowest BCUT2D eigenvalue weighted by molar-refractivity contribution is 0.601. The van der Waals surface area contributed by atoms with Crippen LogP contribution in [0.25, 0.3) is 0 Å². The molecule has 19 heavy (non-hydrogen) atoms. The first-order chi connectivity index (χ1) is 8.90. The van der Waals surface area contributed by atoms with E-state index in [0.29, 0.717) is 10.2 Å². The largest absolute Gasteiger partial charge is 0.278 e. The second-order valence-electron chi connectivity index (χ2n) is 3.89. The molecule has 0 saturated heterocycles. The zero-order valence-electron chi connectivity index (χ0n) is 9.89. The molecule has 100 valence electrons. The van der Waals surface area contributed by atoms with Crippen LogP contribution in [0, 0.1) is 6.92 Å². The Morgan fingerprint density at radius 2 is 2.05 bits per heavy atom. The van der Waals surface area contributed by atoms with E-state index < -0.39 is 10.0 Å². The minimum atomic E-state index is -3.76. The summed E-state index contributed by atoms with van der Waals surface area (Å²) in [4.78, 5) is 3.73. The summed E-state index contributed by atoms with van der Waals surface area (Å²) in [6, 6.07) is 6.81. The molecule has 0 saturated carbocycles. The minimum absolute atomic E-state index is 0.0509. The first kappa shape index (κ1) is 14.3. The monoisotopic (exact) mass is 360 g/mol. The average Bonchev–Trinajstić information content (AvgIpc) is 2.34. The maximum atomic E-state index is 12.2. The van der Waals surface area contributed by atoms with E-state index in [9.17, 15) is 8.42 Å². The molecule has 0 aliphatic heterocycles. The Morgan fingerprint density at radius 3 is 2.74 bits per heavy atom. The molecule has 4 nitrogen and oxygen atoms in total. The summed E-state index contributed by atoms with van der Waals surface area (Å²) in [5, 5.41) is 0.131. The maximum Gasteiger partial charge on any atom is 0.264 e. The van der Waals surface area contributed by atoms with Gasteiger partial charge in [0.15, 0.2) is 0 Å². The van der Waals surface area contributed by atoms with Gasteiger partial charge < -0.3 is 0 Å². The molecule has 0 fully saturated rings. The second kappa shape index (κ2) is 5.48. The molecule has 7 heteroatoms. The lowest BCUT2D eigenvalue weighted by Crippen LogP contribution is -2.14. The molecule has 0 spiro atoms. The van der Waals surface area contributed by atoms with Crippen molar-refractivity contribution in [2.75, 3.05) is 4.72 Å². The summed E-state index contributed by atoms with van der Waals surface area (Å²) >= 11 is 9.17. The molecule has 0 aliphatic rings. The van der Waals surface area contributed by atoms with Crippen molar-refractivity contribution in [3.63, 3.8) is 0 Å². The van der Waals surface area contributed by atoms with Crippen LogP contribution in [0.2, 0.25) is 5.02 Å². The van der Waals surface area contributed by atoms with E-state index in [1.165, 1.54) is 18.5 Å². The summed E-state index contributed by atoms with van der Waals surface area (Å²) in [7, 11) is -3.76. The van der Waals surface area contributed by atoms with Crippen LogP contribution in [0.15, 0.2) is 46.0 Å². The zero-order chi connectivity index (χ0) is 14.0. The van der Waals surface area contributed by atoms with Gasteiger partial charge in [0.1, 0.15) is 4.90 Å². The third-order valence-corrected chi connectivity index (χ3v) is 4.92. The standard InChI is InChI=1S/C12H10BrClN2O2S/c1-8-2-3-9(13)11(6-8)16-19(17,18)12-7-15-5-4-10(12)14/h2-7,16H,1H3. The van der Waals surface area contributed by atoms with Gasteiger partial charge in [-0.3, -0.25) is 9.71 Å². The minimum Gasteiger partial charge on any atom is -0.278 e. The van der Waals surface area contributed by atoms with Crippen molar-refractivity contribution in [2.45, 2.75) is 11.8 Å². The van der Waals surface area contributed by atoms with Gasteiger partial charge in [-0.1, -0.05) is 17.7 Å². The number of anilines is 1. The van der Waals surface area contributed by atoms with Gasteiger partial charge in [0, 0.05) is 16.9 Å². The van der Waals surface area contributed by atoms with Gasteiger partial charge in [0.2, 0.25) is 0 Å². The molecule has 1 N–H and O–H groups in total. The summed E-state index contributed by atoms with van der Waals surface area (Å²) in [6.45, 7) is 1.88. The highest BCUT2D eigenvalue weighted by molar-refractivity contribution is 9.10. The van der Waals surface area contributed by atoms with Gasteiger partial charge >= 0.3 is 0 Å². The van der Waals surface area contributed by atoms with Crippen LogP contribution in [-0.2, 0) is 10.0 Å². The van der Waals surface area contributed by atoms with E-state index in [0.717, 1.165) is 5.56 Å². The molecule has 0 amide bonds. The zero-order valence-corrected chi connectivity index (χ0v) is 13.1. The molecule has 0 aliphatic carbocycles. The molecule has 1 aromatic heterocycles. The molecule has 0 unspecified atom stereocenters. The number of hydrogen-bond acceptors (Lipinski definition) is 3. The molecule has 2 aromatic rings. The predicted octanol–water partition coefficient (Wildman–Crippen LogP) is 3.61. The Labute approximate surface area is 125 Å². The molecule has 0 atom stereocenters. The van der Waals surface area contributed by atoms with Crippen molar-refractivity contribution in [1.29, 1.82) is 0 Å². The SMILES string of the molecule is Cc1ccc(Br)c(NS(=O)(=O)c2cnccc2Cl)c1. The van der Waals surface area contributed by atoms with Gasteiger partial charge in [-0.15, -0.1) is 0 Å². The van der Waals surface area contributed by atoms with E-state index in [4.69, 9.17) is 11.6 Å². The van der Waals surface area contributed by atoms with Crippen molar-refractivity contribution >= 4 is 43.2 Å². The predicted molar refractivity (Wildman–Crippen MR) is 78.9 cm³/mol. The van der Waals surface area contributed by atoms with Crippen molar-refractivity contribution in [1.82, 2.24) is 4.98 Å². The van der Waals surface area contributed by atoms with Gasteiger partial charge in [0.05, 0.1) is 10.7 Å². The first-order valence-corrected chi connectivity index (χ1v) is 7.94. The number of benzene rings is 1. The third-order valence-electron chi connectivity index (χ3n) is 2.39. The van der Waals surface area contributed by atoms with Crippen LogP contribution in [0.4, 0.5) is 5.69 Å². The van der Waals surface area contributed by atoms with Gasteiger partial charge in [-0.2, -0.15) is 0 Å². The van der Waals surface area contributed by atoms with E-state index in [1.807, 2.05) is 13.0 Å². The van der Waals surface area contributed by atoms with E-state index in [2.05, 4.69) is 25.6 Å². The van der Waals surface area contributed by atoms with Crippen molar-refractivity contribution in [3.8, 4) is 0 Å². The Bertz CT molecular complexity index is 719. The highest BCUT2D eigenvalue weighted by Crippen LogP contribution is 2.27. The number of rotatable bonds is 3. The summed E-state index contributed by atoms with van der Waals surface area (Å²) in [5.74, 6) is 0. The fourth-order valence-electron chi connectivity index (χ4n) is 1.48. The van der Waals surface area contributed by atoms with E-state index in [1.54, 1.807) is 12.1 Å². The first-order valence-electron chi connectivity index (χ1n) is 5.28. The molecular formula is C12H10BrClN2O2S. The molecule has 1 aromatic carbocycles. The van der Waals surface area contributed by atoms with Crippen LogP contribution in [0.1, 0.15) is 5.56 Å². The van der Waals surface area contributed by atoms with Crippen LogP contribution in [0.3, 0.4) is 0 Å². The fraction of sp³-hybridized carbons (Fsp3) is 0.0833. The van der Waals surface area contributed by atoms with Crippen LogP contribution < -0.4 is 4.72 Å². The number of nitrogens with one attached hydrogen (secondary N) is 1. The molecular weight excluding hydrogens is 352 g/mol. The molecule has 0 radical (unpaired) electrons. The number of aryl methyl sites for hydroxylation is 1. The third kappa shape index (κ3) is 3.26. The maximum absolute atomic E-state index is 12.2. The Balaban J connectivity index is 2.43. The highest BCUT2D eigenvalue weighted by Gasteiger charge is 2.19. The normalized spacial score (nSPS) is 11.3. The van der Waals surface area contributed by atoms with Gasteiger partial charge in [-0.05, 0) is 46.6 Å². The Morgan fingerprint density at radius 1 is 1.32 bits per heavy atom. The quantitative estimate of drug-likeness (QED) is 0.908. The van der Waals surface area contributed by atoms with E-state index in [-0.39, 0.29) is 9.92 Å². The number of nitrogens with zero attached hydrogens (tertiary/aromatic N) is 1. The number of aromatic nitrogens is 1. The molecule has 1 heterocycles. The summed E-state index contributed by atoms with van der Waals surface area (Å²) in [6.07, 6.45) is 2.65. The average molecular weight is 362 g/mol. The smallest absolute Gasteiger partial charge is 0.264 e. The van der Waals surface area contributed by atoms with Crippen LogP contribution >= 0.6 is 27.5 Å². The number of sulfonamides is 1. The van der Waals surface area contributed by atoms with Crippen LogP contribution in [-0.4, -0.2) is 13.4 Å². The van der Waals surface area contributed by atoms with E-state index >= 15 is 0 Å². The molecule has 2 rings (SSSR count). The highest BCUT2D eigenvalue weighted by atomic mass is 79.9. The van der Waals surface area contributed by atoms with Crippen molar-refractivity contribution < 1.29 is 8.42 Å². The van der Waals surface area contributed by atoms with Crippen molar-refractivity contribution in [3.05, 3.63) is 51.7 Å². The number of halogens is 2. The van der Waals surface area contributed by atoms with Crippen LogP contribution in [0.5, 0.6) is 0 Å². The molecule has 0 bridgehead atoms. The fourth-order valence-corrected chi connectivity index (χ4v) is 3.46. The Hall–Kier alpha value is -1.11. The number of hydrogen-bond donors (Lipinski definition) is 1. The lowest BCUT2D eigenvalue weighted by atomic mass is 10.2. The van der Waals surface area contributed by atoms with Gasteiger partial charge in [-0.25, -0.2) is 8.42 Å². The summed E-state index contributed by atoms with van der Waals surface area (Å²) in [5.41, 5.74) is 1.40. The topological polar surface area (TPSA) is 59.1 Å². The summed E-state index contributed by atoms with van der Waals surface area (Å²) < 4.78 is 27.6.